The minimum absolute atomic E-state index is 0.118. The standard InChI is InChI=1S/C14H19Cl2NO2/c15-12-6-11(14(18)13(16)7-12)8-17-4-1-5-19-9-10-2-3-10/h6-7,10,17-18H,1-5,8-9H2. The number of nitrogens with two attached hydrogens (primary N) is 1. The maximum atomic E-state index is 11.7. The number of rotatable bonds is 8. The van der Waals surface area contributed by atoms with Crippen LogP contribution in [-0.2, 0) is 11.3 Å². The van der Waals surface area contributed by atoms with Crippen LogP contribution in [-0.4, -0.2) is 19.8 Å². The highest BCUT2D eigenvalue weighted by Gasteiger charge is 2.20. The van der Waals surface area contributed by atoms with Gasteiger partial charge in [0.25, 0.3) is 0 Å². The molecule has 5 heteroatoms. The molecule has 1 aliphatic rings. The lowest BCUT2D eigenvalue weighted by atomic mass is 10.2. The summed E-state index contributed by atoms with van der Waals surface area (Å²) in [6.07, 6.45) is 3.65. The van der Waals surface area contributed by atoms with Gasteiger partial charge in [-0.15, -0.1) is 0 Å². The minimum Gasteiger partial charge on any atom is -0.871 e. The fraction of sp³-hybridized carbons (Fsp3) is 0.571. The van der Waals surface area contributed by atoms with Crippen LogP contribution in [0.4, 0.5) is 0 Å². The molecule has 0 heterocycles. The first-order valence-electron chi connectivity index (χ1n) is 6.71. The van der Waals surface area contributed by atoms with E-state index in [4.69, 9.17) is 27.9 Å². The lowest BCUT2D eigenvalue weighted by molar-refractivity contribution is -0.671. The molecule has 0 unspecified atom stereocenters. The molecule has 2 N–H and O–H groups in total. The summed E-state index contributed by atoms with van der Waals surface area (Å²) in [6.45, 7) is 3.26. The third kappa shape index (κ3) is 5.19. The van der Waals surface area contributed by atoms with Crippen LogP contribution < -0.4 is 10.4 Å². The van der Waals surface area contributed by atoms with Crippen LogP contribution in [0.2, 0.25) is 10.0 Å². The molecule has 106 valence electrons. The van der Waals surface area contributed by atoms with Gasteiger partial charge in [-0.25, -0.2) is 0 Å². The summed E-state index contributed by atoms with van der Waals surface area (Å²) < 4.78 is 5.55. The molecule has 2 rings (SSSR count). The Labute approximate surface area is 123 Å². The van der Waals surface area contributed by atoms with Gasteiger partial charge in [-0.2, -0.15) is 0 Å². The highest BCUT2D eigenvalue weighted by molar-refractivity contribution is 6.35. The van der Waals surface area contributed by atoms with Gasteiger partial charge in [0.2, 0.25) is 0 Å². The van der Waals surface area contributed by atoms with Crippen LogP contribution in [0.15, 0.2) is 12.1 Å². The van der Waals surface area contributed by atoms with E-state index in [-0.39, 0.29) is 10.8 Å². The zero-order valence-corrected chi connectivity index (χ0v) is 12.3. The van der Waals surface area contributed by atoms with Gasteiger partial charge in [0.15, 0.2) is 0 Å². The largest absolute Gasteiger partial charge is 0.871 e. The monoisotopic (exact) mass is 303 g/mol. The third-order valence-corrected chi connectivity index (χ3v) is 3.70. The number of hydrogen-bond acceptors (Lipinski definition) is 2. The minimum atomic E-state index is -0.118. The van der Waals surface area contributed by atoms with Crippen molar-refractivity contribution in [1.29, 1.82) is 0 Å². The van der Waals surface area contributed by atoms with Crippen LogP contribution in [0.1, 0.15) is 24.8 Å². The summed E-state index contributed by atoms with van der Waals surface area (Å²) in [7, 11) is 0. The van der Waals surface area contributed by atoms with Gasteiger partial charge in [0.1, 0.15) is 6.54 Å². The summed E-state index contributed by atoms with van der Waals surface area (Å²) in [4.78, 5) is 0. The summed E-state index contributed by atoms with van der Waals surface area (Å²) in [5, 5.41) is 14.5. The second-order valence-corrected chi connectivity index (χ2v) is 5.87. The summed E-state index contributed by atoms with van der Waals surface area (Å²) >= 11 is 11.7. The Morgan fingerprint density at radius 1 is 1.32 bits per heavy atom. The lowest BCUT2D eigenvalue weighted by Gasteiger charge is -2.14. The van der Waals surface area contributed by atoms with Crippen molar-refractivity contribution in [2.75, 3.05) is 19.8 Å². The number of benzene rings is 1. The van der Waals surface area contributed by atoms with Gasteiger partial charge < -0.3 is 15.2 Å². The van der Waals surface area contributed by atoms with Crippen LogP contribution >= 0.6 is 23.2 Å². The number of ether oxygens (including phenoxy) is 1. The Balaban J connectivity index is 1.61. The Morgan fingerprint density at radius 2 is 2.11 bits per heavy atom. The normalized spacial score (nSPS) is 14.8. The van der Waals surface area contributed by atoms with Crippen LogP contribution in [0, 0.1) is 5.92 Å². The zero-order valence-electron chi connectivity index (χ0n) is 10.8. The molecule has 0 atom stereocenters. The van der Waals surface area contributed by atoms with Crippen molar-refractivity contribution in [2.24, 2.45) is 5.92 Å². The molecule has 0 saturated heterocycles. The molecular weight excluding hydrogens is 285 g/mol. The second-order valence-electron chi connectivity index (χ2n) is 5.03. The first-order chi connectivity index (χ1) is 9.16. The fourth-order valence-electron chi connectivity index (χ4n) is 1.89. The SMILES string of the molecule is [O-]c1c(Cl)cc(Cl)cc1C[NH2+]CCCOCC1CC1. The zero-order chi connectivity index (χ0) is 13.7. The average molecular weight is 304 g/mol. The molecule has 0 amide bonds. The van der Waals surface area contributed by atoms with Gasteiger partial charge in [-0.1, -0.05) is 29.0 Å². The smallest absolute Gasteiger partial charge is 0.101 e. The fourth-order valence-corrected chi connectivity index (χ4v) is 2.42. The van der Waals surface area contributed by atoms with E-state index < -0.39 is 0 Å². The molecule has 1 aliphatic carbocycles. The van der Waals surface area contributed by atoms with Gasteiger partial charge >= 0.3 is 0 Å². The molecule has 0 aromatic heterocycles. The first kappa shape index (κ1) is 14.9. The van der Waals surface area contributed by atoms with E-state index in [1.54, 1.807) is 6.07 Å². The van der Waals surface area contributed by atoms with E-state index in [0.29, 0.717) is 17.1 Å². The van der Waals surface area contributed by atoms with E-state index in [0.717, 1.165) is 32.1 Å². The van der Waals surface area contributed by atoms with E-state index in [2.05, 4.69) is 5.32 Å². The van der Waals surface area contributed by atoms with Crippen molar-refractivity contribution in [3.63, 3.8) is 0 Å². The second kappa shape index (κ2) is 7.34. The number of halogens is 2. The highest BCUT2D eigenvalue weighted by atomic mass is 35.5. The number of quaternary nitrogens is 1. The summed E-state index contributed by atoms with van der Waals surface area (Å²) in [5.74, 6) is 0.702. The van der Waals surface area contributed by atoms with E-state index in [1.165, 1.54) is 18.9 Å². The highest BCUT2D eigenvalue weighted by Crippen LogP contribution is 2.29. The molecule has 0 spiro atoms. The van der Waals surface area contributed by atoms with E-state index in [9.17, 15) is 5.11 Å². The molecule has 1 fully saturated rings. The molecule has 3 nitrogen and oxygen atoms in total. The topological polar surface area (TPSA) is 48.9 Å². The Hall–Kier alpha value is -0.480. The van der Waals surface area contributed by atoms with Crippen molar-refractivity contribution in [2.45, 2.75) is 25.8 Å². The van der Waals surface area contributed by atoms with Gasteiger partial charge in [-0.3, -0.25) is 0 Å². The van der Waals surface area contributed by atoms with Crippen molar-refractivity contribution in [1.82, 2.24) is 0 Å². The van der Waals surface area contributed by atoms with Gasteiger partial charge in [0.05, 0.1) is 13.2 Å². The van der Waals surface area contributed by atoms with Crippen molar-refractivity contribution >= 4 is 23.2 Å². The van der Waals surface area contributed by atoms with Gasteiger partial charge in [0, 0.05) is 28.6 Å². The Bertz CT molecular complexity index is 422. The predicted octanol–water partition coefficient (Wildman–Crippen LogP) is 1.95. The summed E-state index contributed by atoms with van der Waals surface area (Å²) in [6, 6.07) is 3.18. The first-order valence-corrected chi connectivity index (χ1v) is 7.46. The molecule has 1 saturated carbocycles. The Morgan fingerprint density at radius 3 is 2.84 bits per heavy atom. The van der Waals surface area contributed by atoms with E-state index in [1.807, 2.05) is 0 Å². The average Bonchev–Trinajstić information content (AvgIpc) is 3.17. The number of hydrogen-bond donors (Lipinski definition) is 1. The van der Waals surface area contributed by atoms with Gasteiger partial charge in [-0.05, 0) is 30.9 Å². The molecular formula is C14H19Cl2NO2. The lowest BCUT2D eigenvalue weighted by Crippen LogP contribution is -2.82. The maximum absolute atomic E-state index is 11.7. The van der Waals surface area contributed by atoms with E-state index >= 15 is 0 Å². The molecule has 0 aliphatic heterocycles. The molecule has 1 aromatic carbocycles. The molecule has 0 radical (unpaired) electrons. The third-order valence-electron chi connectivity index (χ3n) is 3.20. The Kier molecular flexibility index (Phi) is 5.76. The van der Waals surface area contributed by atoms with Crippen molar-refractivity contribution in [3.05, 3.63) is 27.7 Å². The molecule has 0 bridgehead atoms. The van der Waals surface area contributed by atoms with Crippen molar-refractivity contribution in [3.8, 4) is 5.75 Å². The van der Waals surface area contributed by atoms with Crippen molar-refractivity contribution < 1.29 is 15.2 Å². The predicted molar refractivity (Wildman–Crippen MR) is 74.6 cm³/mol. The molecule has 1 aromatic rings. The van der Waals surface area contributed by atoms with Crippen LogP contribution in [0.3, 0.4) is 0 Å². The quantitative estimate of drug-likeness (QED) is 0.746. The van der Waals surface area contributed by atoms with Crippen LogP contribution in [0.25, 0.3) is 0 Å². The maximum Gasteiger partial charge on any atom is 0.101 e. The van der Waals surface area contributed by atoms with Crippen LogP contribution in [0.5, 0.6) is 5.75 Å². The summed E-state index contributed by atoms with van der Waals surface area (Å²) in [5.41, 5.74) is 0.663. The molecule has 19 heavy (non-hydrogen) atoms.